The van der Waals surface area contributed by atoms with Gasteiger partial charge in [0.25, 0.3) is 0 Å². The number of rotatable bonds is 5. The second kappa shape index (κ2) is 7.06. The van der Waals surface area contributed by atoms with E-state index >= 15 is 0 Å². The van der Waals surface area contributed by atoms with Gasteiger partial charge in [-0.25, -0.2) is 0 Å². The summed E-state index contributed by atoms with van der Waals surface area (Å²) in [6, 6.07) is 18.3. The van der Waals surface area contributed by atoms with Crippen LogP contribution in [0.4, 0.5) is 0 Å². The molecule has 1 aliphatic carbocycles. The third-order valence-electron chi connectivity index (χ3n) is 5.50. The van der Waals surface area contributed by atoms with Crippen molar-refractivity contribution in [1.82, 2.24) is 9.80 Å². The maximum atomic E-state index is 5.61. The largest absolute Gasteiger partial charge is 0.330 e. The Morgan fingerprint density at radius 3 is 1.96 bits per heavy atom. The van der Waals surface area contributed by atoms with Crippen LogP contribution in [0.15, 0.2) is 48.5 Å². The molecule has 1 fully saturated rings. The lowest BCUT2D eigenvalue weighted by atomic mass is 10.0. The molecule has 0 radical (unpaired) electrons. The van der Waals surface area contributed by atoms with Gasteiger partial charge < -0.3 is 10.6 Å². The zero-order chi connectivity index (χ0) is 16.4. The van der Waals surface area contributed by atoms with Crippen LogP contribution >= 0.6 is 0 Å². The molecule has 0 unspecified atom stereocenters. The summed E-state index contributed by atoms with van der Waals surface area (Å²) in [5.74, 6) is 0. The summed E-state index contributed by atoms with van der Waals surface area (Å²) < 4.78 is 0. The van der Waals surface area contributed by atoms with Crippen molar-refractivity contribution in [1.29, 1.82) is 0 Å². The van der Waals surface area contributed by atoms with Crippen LogP contribution in [0.25, 0.3) is 11.1 Å². The van der Waals surface area contributed by atoms with Gasteiger partial charge in [-0.2, -0.15) is 0 Å². The molecule has 1 heterocycles. The van der Waals surface area contributed by atoms with E-state index in [0.29, 0.717) is 6.04 Å². The SMILES string of the molecule is NCCCCN1CCN(C2c3ccccc3-c3ccccc32)CC1. The molecule has 0 aromatic heterocycles. The van der Waals surface area contributed by atoms with Crippen LogP contribution < -0.4 is 5.73 Å². The molecule has 3 heteroatoms. The first kappa shape index (κ1) is 15.8. The number of benzene rings is 2. The third kappa shape index (κ3) is 2.88. The predicted molar refractivity (Wildman–Crippen MR) is 100 cm³/mol. The molecular weight excluding hydrogens is 294 g/mol. The third-order valence-corrected chi connectivity index (χ3v) is 5.50. The fraction of sp³-hybridized carbons (Fsp3) is 0.429. The molecule has 0 atom stereocenters. The number of nitrogens with two attached hydrogens (primary N) is 1. The van der Waals surface area contributed by atoms with Gasteiger partial charge in [-0.3, -0.25) is 4.90 Å². The van der Waals surface area contributed by atoms with Crippen LogP contribution in [0.3, 0.4) is 0 Å². The molecule has 1 saturated heterocycles. The number of piperazine rings is 1. The van der Waals surface area contributed by atoms with Crippen LogP contribution in [0.5, 0.6) is 0 Å². The monoisotopic (exact) mass is 321 g/mol. The maximum absolute atomic E-state index is 5.61. The fourth-order valence-electron chi connectivity index (χ4n) is 4.25. The Bertz CT molecular complexity index is 643. The number of fused-ring (bicyclic) bond motifs is 3. The molecule has 2 aromatic rings. The molecule has 2 N–H and O–H groups in total. The van der Waals surface area contributed by atoms with E-state index in [1.54, 1.807) is 0 Å². The van der Waals surface area contributed by atoms with E-state index in [1.807, 2.05) is 0 Å². The highest BCUT2D eigenvalue weighted by molar-refractivity contribution is 5.78. The van der Waals surface area contributed by atoms with Crippen LogP contribution in [0.1, 0.15) is 30.0 Å². The first-order valence-electron chi connectivity index (χ1n) is 9.23. The highest BCUT2D eigenvalue weighted by Crippen LogP contribution is 2.46. The van der Waals surface area contributed by atoms with Gasteiger partial charge in [0.05, 0.1) is 6.04 Å². The van der Waals surface area contributed by atoms with E-state index in [2.05, 4.69) is 58.3 Å². The van der Waals surface area contributed by atoms with Gasteiger partial charge >= 0.3 is 0 Å². The lowest BCUT2D eigenvalue weighted by molar-refractivity contribution is 0.110. The first-order chi connectivity index (χ1) is 11.9. The molecule has 2 aliphatic rings. The Morgan fingerprint density at radius 2 is 1.38 bits per heavy atom. The van der Waals surface area contributed by atoms with Gasteiger partial charge in [-0.1, -0.05) is 48.5 Å². The lowest BCUT2D eigenvalue weighted by Gasteiger charge is -2.38. The van der Waals surface area contributed by atoms with Crippen molar-refractivity contribution >= 4 is 0 Å². The Hall–Kier alpha value is -1.68. The summed E-state index contributed by atoms with van der Waals surface area (Å²) in [5.41, 5.74) is 11.4. The van der Waals surface area contributed by atoms with Crippen LogP contribution in [-0.4, -0.2) is 49.1 Å². The highest BCUT2D eigenvalue weighted by atomic mass is 15.3. The molecule has 2 aromatic carbocycles. The number of hydrogen-bond acceptors (Lipinski definition) is 3. The quantitative estimate of drug-likeness (QED) is 0.859. The lowest BCUT2D eigenvalue weighted by Crippen LogP contribution is -2.47. The number of unbranched alkanes of at least 4 members (excludes halogenated alkanes) is 1. The van der Waals surface area contributed by atoms with Crippen molar-refractivity contribution < 1.29 is 0 Å². The van der Waals surface area contributed by atoms with E-state index in [1.165, 1.54) is 48.3 Å². The van der Waals surface area contributed by atoms with E-state index < -0.39 is 0 Å². The zero-order valence-corrected chi connectivity index (χ0v) is 14.3. The maximum Gasteiger partial charge on any atom is 0.0614 e. The average molecular weight is 321 g/mol. The minimum absolute atomic E-state index is 0.434. The normalized spacial score (nSPS) is 18.5. The Balaban J connectivity index is 1.51. The van der Waals surface area contributed by atoms with Crippen LogP contribution in [0.2, 0.25) is 0 Å². The van der Waals surface area contributed by atoms with Crippen molar-refractivity contribution in [3.05, 3.63) is 59.7 Å². The molecule has 0 bridgehead atoms. The van der Waals surface area contributed by atoms with Crippen molar-refractivity contribution in [2.24, 2.45) is 5.73 Å². The Morgan fingerprint density at radius 1 is 0.792 bits per heavy atom. The Labute approximate surface area is 145 Å². The molecule has 0 saturated carbocycles. The summed E-state index contributed by atoms with van der Waals surface area (Å²) in [5, 5.41) is 0. The predicted octanol–water partition coefficient (Wildman–Crippen LogP) is 3.11. The standard InChI is InChI=1S/C21H27N3/c22-11-5-6-12-23-13-15-24(16-14-23)21-19-9-3-1-7-17(19)18-8-2-4-10-20(18)21/h1-4,7-10,21H,5-6,11-16,22H2. The summed E-state index contributed by atoms with van der Waals surface area (Å²) in [4.78, 5) is 5.27. The topological polar surface area (TPSA) is 32.5 Å². The minimum atomic E-state index is 0.434. The van der Waals surface area contributed by atoms with Crippen LogP contribution in [0, 0.1) is 0 Å². The molecule has 0 spiro atoms. The second-order valence-corrected chi connectivity index (χ2v) is 6.95. The van der Waals surface area contributed by atoms with Gasteiger partial charge in [-0.15, -0.1) is 0 Å². The number of hydrogen-bond donors (Lipinski definition) is 1. The molecule has 24 heavy (non-hydrogen) atoms. The van der Waals surface area contributed by atoms with Gasteiger partial charge in [0.2, 0.25) is 0 Å². The first-order valence-corrected chi connectivity index (χ1v) is 9.23. The Kier molecular flexibility index (Phi) is 4.65. The molecule has 0 amide bonds. The van der Waals surface area contributed by atoms with Gasteiger partial charge in [-0.05, 0) is 48.2 Å². The van der Waals surface area contributed by atoms with E-state index in [4.69, 9.17) is 5.73 Å². The summed E-state index contributed by atoms with van der Waals surface area (Å²) in [6.45, 7) is 6.65. The van der Waals surface area contributed by atoms with Gasteiger partial charge in [0, 0.05) is 26.2 Å². The van der Waals surface area contributed by atoms with Crippen LogP contribution in [-0.2, 0) is 0 Å². The van der Waals surface area contributed by atoms with E-state index in [-0.39, 0.29) is 0 Å². The second-order valence-electron chi connectivity index (χ2n) is 6.95. The van der Waals surface area contributed by atoms with Crippen molar-refractivity contribution in [2.45, 2.75) is 18.9 Å². The van der Waals surface area contributed by atoms with Crippen molar-refractivity contribution in [3.63, 3.8) is 0 Å². The fourth-order valence-corrected chi connectivity index (χ4v) is 4.25. The number of nitrogens with zero attached hydrogens (tertiary/aromatic N) is 2. The van der Waals surface area contributed by atoms with Crippen molar-refractivity contribution in [3.8, 4) is 11.1 Å². The highest BCUT2D eigenvalue weighted by Gasteiger charge is 2.33. The molecule has 4 rings (SSSR count). The minimum Gasteiger partial charge on any atom is -0.330 e. The smallest absolute Gasteiger partial charge is 0.0614 e. The molecule has 126 valence electrons. The van der Waals surface area contributed by atoms with E-state index in [9.17, 15) is 0 Å². The molecular formula is C21H27N3. The molecule has 1 aliphatic heterocycles. The van der Waals surface area contributed by atoms with E-state index in [0.717, 1.165) is 26.1 Å². The zero-order valence-electron chi connectivity index (χ0n) is 14.3. The average Bonchev–Trinajstić information content (AvgIpc) is 2.97. The summed E-state index contributed by atoms with van der Waals surface area (Å²) in [7, 11) is 0. The molecule has 3 nitrogen and oxygen atoms in total. The summed E-state index contributed by atoms with van der Waals surface area (Å²) in [6.07, 6.45) is 2.37. The summed E-state index contributed by atoms with van der Waals surface area (Å²) >= 11 is 0. The van der Waals surface area contributed by atoms with Gasteiger partial charge in [0.15, 0.2) is 0 Å². The van der Waals surface area contributed by atoms with Crippen molar-refractivity contribution in [2.75, 3.05) is 39.3 Å². The van der Waals surface area contributed by atoms with Gasteiger partial charge in [0.1, 0.15) is 0 Å².